The van der Waals surface area contributed by atoms with Crippen molar-refractivity contribution < 1.29 is 46.2 Å². The minimum Gasteiger partial charge on any atom is -0.481 e. The number of ether oxygens (including phenoxy) is 1. The number of nitrogens with zero attached hydrogens (tertiary/aromatic N) is 2. The molecule has 278 valence electrons. The summed E-state index contributed by atoms with van der Waals surface area (Å²) in [5.74, 6) is -0.0139. The van der Waals surface area contributed by atoms with E-state index in [-0.39, 0.29) is 32.4 Å². The van der Waals surface area contributed by atoms with Gasteiger partial charge in [-0.1, -0.05) is 36.8 Å². The van der Waals surface area contributed by atoms with Gasteiger partial charge >= 0.3 is 11.9 Å². The molecule has 0 radical (unpaired) electrons. The van der Waals surface area contributed by atoms with Crippen LogP contribution in [0.3, 0.4) is 0 Å². The quantitative estimate of drug-likeness (QED) is 0.0816. The monoisotopic (exact) mass is 735 g/mol. The number of aliphatic carboxylic acids is 1. The molecule has 2 aliphatic carbocycles. The van der Waals surface area contributed by atoms with E-state index in [9.17, 15) is 27.4 Å². The number of carbonyl (C=O) groups is 3. The Morgan fingerprint density at radius 1 is 1.02 bits per heavy atom. The van der Waals surface area contributed by atoms with Crippen LogP contribution in [0.4, 0.5) is 5.69 Å². The van der Waals surface area contributed by atoms with Gasteiger partial charge in [-0.15, -0.1) is 0 Å². The zero-order chi connectivity index (χ0) is 37.3. The van der Waals surface area contributed by atoms with Crippen molar-refractivity contribution in [3.8, 4) is 5.75 Å². The lowest BCUT2D eigenvalue weighted by Crippen LogP contribution is -2.53. The van der Waals surface area contributed by atoms with E-state index in [2.05, 4.69) is 21.3 Å². The van der Waals surface area contributed by atoms with Crippen molar-refractivity contribution in [3.05, 3.63) is 89.0 Å². The summed E-state index contributed by atoms with van der Waals surface area (Å²) in [5, 5.41) is 14.4. The van der Waals surface area contributed by atoms with Crippen molar-refractivity contribution in [2.75, 3.05) is 30.3 Å². The van der Waals surface area contributed by atoms with Crippen LogP contribution >= 0.6 is 0 Å². The van der Waals surface area contributed by atoms with Crippen LogP contribution in [0.5, 0.6) is 5.75 Å². The fraction of sp³-hybridized carbons (Fsp3) is 0.421. The predicted octanol–water partition coefficient (Wildman–Crippen LogP) is 4.72. The lowest BCUT2D eigenvalue weighted by atomic mass is 9.70. The fourth-order valence-corrected chi connectivity index (χ4v) is 7.09. The number of amides is 2. The van der Waals surface area contributed by atoms with Gasteiger partial charge in [0.25, 0.3) is 10.1 Å². The Kier molecular flexibility index (Phi) is 12.5. The number of allylic oxidation sites excluding steroid dienone is 7. The molecule has 5 rings (SSSR count). The molecule has 52 heavy (non-hydrogen) atoms. The Balaban J connectivity index is 1.50. The lowest BCUT2D eigenvalue weighted by molar-refractivity contribution is -0.699. The van der Waals surface area contributed by atoms with Gasteiger partial charge in [-0.25, -0.2) is 0 Å². The van der Waals surface area contributed by atoms with Gasteiger partial charge in [0.1, 0.15) is 12.0 Å². The van der Waals surface area contributed by atoms with Crippen molar-refractivity contribution in [2.45, 2.75) is 71.8 Å². The molecule has 2 heterocycles. The summed E-state index contributed by atoms with van der Waals surface area (Å²) in [6, 6.07) is 7.68. The fourth-order valence-electron chi connectivity index (χ4n) is 6.73. The highest BCUT2D eigenvalue weighted by molar-refractivity contribution is 7.85. The maximum Gasteiger partial charge on any atom is 0.373 e. The summed E-state index contributed by atoms with van der Waals surface area (Å²) in [6.07, 6.45) is 16.6. The largest absolute Gasteiger partial charge is 0.481 e. The van der Waals surface area contributed by atoms with Crippen LogP contribution in [0.1, 0.15) is 76.1 Å². The van der Waals surface area contributed by atoms with Crippen molar-refractivity contribution in [1.82, 2.24) is 10.6 Å². The van der Waals surface area contributed by atoms with Gasteiger partial charge < -0.3 is 29.8 Å². The predicted molar refractivity (Wildman–Crippen MR) is 196 cm³/mol. The van der Waals surface area contributed by atoms with Crippen LogP contribution < -0.4 is 24.8 Å². The minimum atomic E-state index is -4.37. The number of fused-ring (bicyclic) bond motifs is 2. The van der Waals surface area contributed by atoms with Crippen LogP contribution in [-0.2, 0) is 37.5 Å². The zero-order valence-corrected chi connectivity index (χ0v) is 30.4. The third-order valence-electron chi connectivity index (χ3n) is 9.28. The number of oxazole rings is 1. The number of hydrogen-bond donors (Lipinski definition) is 4. The highest BCUT2D eigenvalue weighted by Gasteiger charge is 2.48. The number of aryl methyl sites for hydroxylation is 1. The first-order chi connectivity index (χ1) is 24.9. The second kappa shape index (κ2) is 17.0. The van der Waals surface area contributed by atoms with E-state index in [1.807, 2.05) is 73.4 Å². The van der Waals surface area contributed by atoms with Crippen LogP contribution in [0.15, 0.2) is 76.1 Å². The molecule has 0 saturated heterocycles. The molecule has 1 aromatic heterocycles. The first kappa shape index (κ1) is 38.3. The molecule has 4 N–H and O–H groups in total. The smallest absolute Gasteiger partial charge is 0.373 e. The van der Waals surface area contributed by atoms with E-state index in [0.717, 1.165) is 30.0 Å². The normalized spacial score (nSPS) is 19.8. The summed E-state index contributed by atoms with van der Waals surface area (Å²) in [7, 11) is -4.37. The Morgan fingerprint density at radius 3 is 2.52 bits per heavy atom. The number of unbranched alkanes of at least 4 members (excludes halogenated alkanes) is 2. The number of nitrogens with one attached hydrogen (secondary N) is 2. The van der Waals surface area contributed by atoms with Gasteiger partial charge in [-0.2, -0.15) is 13.0 Å². The van der Waals surface area contributed by atoms with Gasteiger partial charge in [0.05, 0.1) is 17.5 Å². The second-order valence-corrected chi connectivity index (χ2v) is 14.6. The molecule has 1 unspecified atom stereocenters. The van der Waals surface area contributed by atoms with Crippen molar-refractivity contribution in [2.24, 2.45) is 5.41 Å². The van der Waals surface area contributed by atoms with E-state index < -0.39 is 39.1 Å². The van der Waals surface area contributed by atoms with Crippen LogP contribution in [-0.4, -0.2) is 61.2 Å². The number of aromatic nitrogens is 1. The van der Waals surface area contributed by atoms with Gasteiger partial charge in [-0.3, -0.25) is 18.9 Å². The van der Waals surface area contributed by atoms with Crippen molar-refractivity contribution >= 4 is 45.7 Å². The van der Waals surface area contributed by atoms with Gasteiger partial charge in [0.15, 0.2) is 11.5 Å². The molecular weight excluding hydrogens is 689 g/mol. The van der Waals surface area contributed by atoms with Gasteiger partial charge in [-0.05, 0) is 81.4 Å². The summed E-state index contributed by atoms with van der Waals surface area (Å²) in [5.41, 5.74) is 1.56. The van der Waals surface area contributed by atoms with E-state index in [0.29, 0.717) is 61.0 Å². The molecule has 0 saturated carbocycles. The summed E-state index contributed by atoms with van der Waals surface area (Å²) in [6.45, 7) is 5.18. The number of hydrogen-bond acceptors (Lipinski definition) is 8. The molecule has 2 amide bonds. The van der Waals surface area contributed by atoms with E-state index in [4.69, 9.17) is 14.3 Å². The third kappa shape index (κ3) is 9.28. The minimum absolute atomic E-state index is 0.00452. The second-order valence-electron chi connectivity index (χ2n) is 13.0. The Labute approximate surface area is 304 Å². The number of carbonyl (C=O) groups excluding carboxylic acids is 2. The average molecular weight is 736 g/mol. The molecule has 14 heteroatoms. The Morgan fingerprint density at radius 2 is 1.79 bits per heavy atom. The molecule has 0 fully saturated rings. The van der Waals surface area contributed by atoms with E-state index in [1.165, 1.54) is 0 Å². The molecule has 1 aliphatic heterocycles. The highest BCUT2D eigenvalue weighted by Crippen LogP contribution is 2.42. The Bertz CT molecular complexity index is 1940. The Hall–Kier alpha value is -4.95. The molecule has 13 nitrogen and oxygen atoms in total. The molecule has 0 spiro atoms. The average Bonchev–Trinajstić information content (AvgIpc) is 3.67. The molecule has 2 aromatic rings. The maximum atomic E-state index is 14.2. The molecule has 0 bridgehead atoms. The SMILES string of the molecule is CCN1C(=CC=C2C=C(C=Cc3oc4c([n+]3CC)C=CCC4)CC(C(=O)NCCCCCC(=O)O)(C(=O)NCCS(=O)(=O)O)C2)Oc2ccccc21. The van der Waals surface area contributed by atoms with Crippen LogP contribution in [0.25, 0.3) is 12.2 Å². The van der Waals surface area contributed by atoms with Crippen molar-refractivity contribution in [1.29, 1.82) is 0 Å². The molecule has 1 atom stereocenters. The summed E-state index contributed by atoms with van der Waals surface area (Å²) < 4.78 is 46.7. The number of carboxylic acid groups (broad SMARTS) is 1. The van der Waals surface area contributed by atoms with E-state index in [1.54, 1.807) is 6.08 Å². The summed E-state index contributed by atoms with van der Waals surface area (Å²) >= 11 is 0. The standard InChI is InChI=1S/C38H46N4O9S/c1-3-41-29-12-7-9-14-31(29)50-33(41)19-17-27-24-28(18-20-34-42(4-2)30-13-8-10-15-32(30)51-34)26-38(25-27,37(46)40-22-23-52(47,48)49)36(45)39-21-11-5-6-16-35(43)44/h7-9,12-14,17-20,24H,3-6,10-11,15-16,21-23,25-26H2,1-2H3,(H3-,39,40,43,44,45,46,47,48,49)/p+1. The molecule has 1 aromatic carbocycles. The number of rotatable bonds is 16. The highest BCUT2D eigenvalue weighted by atomic mass is 32.2. The molecular formula is C38H47N4O9S+. The number of carboxylic acids is 1. The van der Waals surface area contributed by atoms with Crippen LogP contribution in [0.2, 0.25) is 0 Å². The van der Waals surface area contributed by atoms with Gasteiger partial charge in [0.2, 0.25) is 23.4 Å². The first-order valence-corrected chi connectivity index (χ1v) is 19.3. The van der Waals surface area contributed by atoms with Crippen molar-refractivity contribution in [3.63, 3.8) is 0 Å². The summed E-state index contributed by atoms with van der Waals surface area (Å²) in [4.78, 5) is 41.2. The number of anilines is 1. The third-order valence-corrected chi connectivity index (χ3v) is 10.0. The number of benzene rings is 1. The van der Waals surface area contributed by atoms with E-state index >= 15 is 0 Å². The van der Waals surface area contributed by atoms with Gasteiger partial charge in [0, 0.05) is 38.6 Å². The zero-order valence-electron chi connectivity index (χ0n) is 29.6. The first-order valence-electron chi connectivity index (χ1n) is 17.7. The number of para-hydroxylation sites is 2. The molecule has 3 aliphatic rings. The topological polar surface area (TPSA) is 179 Å². The van der Waals surface area contributed by atoms with Crippen LogP contribution in [0, 0.1) is 5.41 Å². The maximum absolute atomic E-state index is 14.2. The lowest BCUT2D eigenvalue weighted by Gasteiger charge is -2.35.